The number of carbonyl (C=O) groups is 1. The molecule has 0 unspecified atom stereocenters. The number of rotatable bonds is 10. The van der Waals surface area contributed by atoms with E-state index in [1.807, 2.05) is 19.1 Å². The Bertz CT molecular complexity index is 1210. The molecular formula is C26H28ClFN2O3S. The molecule has 0 fully saturated rings. The zero-order valence-electron chi connectivity index (χ0n) is 19.2. The summed E-state index contributed by atoms with van der Waals surface area (Å²) in [5.41, 5.74) is 2.62. The quantitative estimate of drug-likeness (QED) is 0.372. The molecule has 0 atom stereocenters. The first-order chi connectivity index (χ1) is 16.2. The molecule has 0 bridgehead atoms. The van der Waals surface area contributed by atoms with Gasteiger partial charge in [0.25, 0.3) is 0 Å². The number of nitrogens with one attached hydrogen (secondary N) is 1. The topological polar surface area (TPSA) is 66.5 Å². The van der Waals surface area contributed by atoms with Gasteiger partial charge < -0.3 is 5.32 Å². The molecule has 3 aromatic rings. The largest absolute Gasteiger partial charge is 0.325 e. The molecule has 0 aliphatic rings. The molecule has 8 heteroatoms. The molecule has 1 amide bonds. The summed E-state index contributed by atoms with van der Waals surface area (Å²) in [6.07, 6.45) is 3.13. The molecule has 0 aromatic heterocycles. The van der Waals surface area contributed by atoms with Gasteiger partial charge in [-0.2, -0.15) is 4.31 Å². The number of amides is 1. The number of carbonyl (C=O) groups excluding carboxylic acids is 1. The highest BCUT2D eigenvalue weighted by Gasteiger charge is 2.28. The summed E-state index contributed by atoms with van der Waals surface area (Å²) in [5, 5.41) is 2.82. The van der Waals surface area contributed by atoms with Crippen LogP contribution in [0.1, 0.15) is 36.5 Å². The highest BCUT2D eigenvalue weighted by molar-refractivity contribution is 7.89. The second-order valence-corrected chi connectivity index (χ2v) is 10.5. The summed E-state index contributed by atoms with van der Waals surface area (Å²) < 4.78 is 42.2. The van der Waals surface area contributed by atoms with Gasteiger partial charge in [0, 0.05) is 22.8 Å². The number of anilines is 1. The Labute approximate surface area is 205 Å². The Kier molecular flexibility index (Phi) is 8.83. The number of nitrogens with zero attached hydrogens (tertiary/aromatic N) is 1. The van der Waals surface area contributed by atoms with E-state index in [0.29, 0.717) is 5.69 Å². The lowest BCUT2D eigenvalue weighted by atomic mass is 10.1. The number of benzene rings is 3. The van der Waals surface area contributed by atoms with Crippen molar-refractivity contribution in [2.45, 2.75) is 44.6 Å². The number of aryl methyl sites for hydroxylation is 2. The van der Waals surface area contributed by atoms with E-state index in [9.17, 15) is 17.6 Å². The van der Waals surface area contributed by atoms with Gasteiger partial charge in [0.2, 0.25) is 15.9 Å². The van der Waals surface area contributed by atoms with Crippen molar-refractivity contribution >= 4 is 33.2 Å². The third kappa shape index (κ3) is 6.65. The fourth-order valence-corrected chi connectivity index (χ4v) is 5.03. The molecule has 5 nitrogen and oxygen atoms in total. The molecule has 0 saturated heterocycles. The SMILES string of the molecule is CCCCc1ccc(NC(=O)CN(Cc2c(F)cccc2Cl)S(=O)(=O)c2ccc(C)cc2)cc1. The van der Waals surface area contributed by atoms with E-state index < -0.39 is 28.3 Å². The van der Waals surface area contributed by atoms with Gasteiger partial charge in [0.15, 0.2) is 0 Å². The van der Waals surface area contributed by atoms with E-state index in [1.165, 1.54) is 30.3 Å². The summed E-state index contributed by atoms with van der Waals surface area (Å²) >= 11 is 6.15. The molecule has 3 rings (SSSR count). The minimum atomic E-state index is -4.11. The van der Waals surface area contributed by atoms with Crippen LogP contribution in [-0.2, 0) is 27.8 Å². The van der Waals surface area contributed by atoms with Crippen molar-refractivity contribution in [3.8, 4) is 0 Å². The molecular weight excluding hydrogens is 475 g/mol. The van der Waals surface area contributed by atoms with Gasteiger partial charge in [-0.15, -0.1) is 0 Å². The van der Waals surface area contributed by atoms with Crippen LogP contribution in [0.4, 0.5) is 10.1 Å². The predicted molar refractivity (Wildman–Crippen MR) is 134 cm³/mol. The van der Waals surface area contributed by atoms with Gasteiger partial charge in [-0.1, -0.05) is 60.8 Å². The van der Waals surface area contributed by atoms with Gasteiger partial charge in [0.1, 0.15) is 5.82 Å². The van der Waals surface area contributed by atoms with E-state index in [0.717, 1.165) is 34.7 Å². The smallest absolute Gasteiger partial charge is 0.243 e. The van der Waals surface area contributed by atoms with Crippen molar-refractivity contribution in [1.82, 2.24) is 4.31 Å². The first-order valence-corrected chi connectivity index (χ1v) is 12.9. The van der Waals surface area contributed by atoms with E-state index in [4.69, 9.17) is 11.6 Å². The molecule has 0 heterocycles. The van der Waals surface area contributed by atoms with Crippen molar-refractivity contribution < 1.29 is 17.6 Å². The molecule has 0 aliphatic carbocycles. The first-order valence-electron chi connectivity index (χ1n) is 11.1. The Morgan fingerprint density at radius 1 is 1.03 bits per heavy atom. The maximum absolute atomic E-state index is 14.5. The molecule has 0 aliphatic heterocycles. The second-order valence-electron chi connectivity index (χ2n) is 8.14. The summed E-state index contributed by atoms with van der Waals surface area (Å²) in [5.74, 6) is -1.18. The number of halogens is 2. The van der Waals surface area contributed by atoms with Gasteiger partial charge in [-0.3, -0.25) is 4.79 Å². The molecule has 34 heavy (non-hydrogen) atoms. The van der Waals surface area contributed by atoms with Gasteiger partial charge >= 0.3 is 0 Å². The van der Waals surface area contributed by atoms with Crippen molar-refractivity contribution in [3.05, 3.63) is 94.3 Å². The third-order valence-corrected chi connectivity index (χ3v) is 7.59. The molecule has 1 N–H and O–H groups in total. The van der Waals surface area contributed by atoms with Crippen molar-refractivity contribution in [2.24, 2.45) is 0 Å². The maximum atomic E-state index is 14.5. The number of hydrogen-bond donors (Lipinski definition) is 1. The monoisotopic (exact) mass is 502 g/mol. The van der Waals surface area contributed by atoms with Crippen LogP contribution in [-0.4, -0.2) is 25.2 Å². The highest BCUT2D eigenvalue weighted by Crippen LogP contribution is 2.25. The van der Waals surface area contributed by atoms with Crippen LogP contribution in [0.15, 0.2) is 71.6 Å². The average Bonchev–Trinajstić information content (AvgIpc) is 2.80. The van der Waals surface area contributed by atoms with Crippen molar-refractivity contribution in [1.29, 1.82) is 0 Å². The van der Waals surface area contributed by atoms with Gasteiger partial charge in [0.05, 0.1) is 11.4 Å². The minimum absolute atomic E-state index is 0.00734. The van der Waals surface area contributed by atoms with E-state index in [2.05, 4.69) is 12.2 Å². The Morgan fingerprint density at radius 3 is 2.32 bits per heavy atom. The zero-order chi connectivity index (χ0) is 24.7. The van der Waals surface area contributed by atoms with Crippen LogP contribution >= 0.6 is 11.6 Å². The molecule has 0 radical (unpaired) electrons. The zero-order valence-corrected chi connectivity index (χ0v) is 20.8. The van der Waals surface area contributed by atoms with Crippen LogP contribution in [0.5, 0.6) is 0 Å². The first kappa shape index (κ1) is 25.9. The number of hydrogen-bond acceptors (Lipinski definition) is 3. The lowest BCUT2D eigenvalue weighted by Crippen LogP contribution is -2.37. The number of sulfonamides is 1. The molecule has 3 aromatic carbocycles. The Balaban J connectivity index is 1.84. The minimum Gasteiger partial charge on any atom is -0.325 e. The van der Waals surface area contributed by atoms with Crippen molar-refractivity contribution in [2.75, 3.05) is 11.9 Å². The third-order valence-electron chi connectivity index (χ3n) is 5.43. The molecule has 180 valence electrons. The maximum Gasteiger partial charge on any atom is 0.243 e. The summed E-state index contributed by atoms with van der Waals surface area (Å²) in [6, 6.07) is 17.8. The van der Waals surface area contributed by atoms with E-state index in [-0.39, 0.29) is 22.0 Å². The van der Waals surface area contributed by atoms with Crippen LogP contribution in [0.2, 0.25) is 5.02 Å². The lowest BCUT2D eigenvalue weighted by Gasteiger charge is -2.23. The van der Waals surface area contributed by atoms with Crippen LogP contribution in [0, 0.1) is 12.7 Å². The number of unbranched alkanes of at least 4 members (excludes halogenated alkanes) is 1. The second kappa shape index (κ2) is 11.6. The highest BCUT2D eigenvalue weighted by atomic mass is 35.5. The van der Waals surface area contributed by atoms with E-state index in [1.54, 1.807) is 24.3 Å². The Hall–Kier alpha value is -2.74. The Morgan fingerprint density at radius 2 is 1.71 bits per heavy atom. The lowest BCUT2D eigenvalue weighted by molar-refractivity contribution is -0.116. The van der Waals surface area contributed by atoms with Gasteiger partial charge in [-0.25, -0.2) is 12.8 Å². The van der Waals surface area contributed by atoms with Gasteiger partial charge in [-0.05, 0) is 61.7 Å². The van der Waals surface area contributed by atoms with Crippen LogP contribution < -0.4 is 5.32 Å². The van der Waals surface area contributed by atoms with Crippen LogP contribution in [0.25, 0.3) is 0 Å². The normalized spacial score (nSPS) is 11.6. The summed E-state index contributed by atoms with van der Waals surface area (Å²) in [7, 11) is -4.11. The fourth-order valence-electron chi connectivity index (χ4n) is 3.44. The van der Waals surface area contributed by atoms with Crippen LogP contribution in [0.3, 0.4) is 0 Å². The van der Waals surface area contributed by atoms with E-state index >= 15 is 0 Å². The predicted octanol–water partition coefficient (Wildman–Crippen LogP) is 5.96. The van der Waals surface area contributed by atoms with Crippen molar-refractivity contribution in [3.63, 3.8) is 0 Å². The molecule has 0 saturated carbocycles. The summed E-state index contributed by atoms with van der Waals surface area (Å²) in [6.45, 7) is 3.08. The summed E-state index contributed by atoms with van der Waals surface area (Å²) in [4.78, 5) is 12.8. The fraction of sp³-hybridized carbons (Fsp3) is 0.269. The molecule has 0 spiro atoms. The standard InChI is InChI=1S/C26H28ClFN2O3S/c1-3-4-6-20-11-13-21(14-12-20)29-26(31)18-30(17-23-24(27)7-5-8-25(23)28)34(32,33)22-15-9-19(2)10-16-22/h5,7-16H,3-4,6,17-18H2,1-2H3,(H,29,31). The average molecular weight is 503 g/mol.